The van der Waals surface area contributed by atoms with Crippen LogP contribution in [0.15, 0.2) is 48.8 Å². The van der Waals surface area contributed by atoms with Crippen LogP contribution >= 0.6 is 12.6 Å². The van der Waals surface area contributed by atoms with E-state index in [1.54, 1.807) is 12.4 Å². The van der Waals surface area contributed by atoms with Crippen LogP contribution in [0.25, 0.3) is 11.4 Å². The number of unbranched alkanes of at least 4 members (excludes halogenated alkanes) is 1. The Kier molecular flexibility index (Phi) is 18.4. The molecule has 1 unspecified atom stereocenters. The van der Waals surface area contributed by atoms with Crippen molar-refractivity contribution in [2.45, 2.75) is 24.5 Å². The Labute approximate surface area is 172 Å². The largest absolute Gasteiger partial charge is 2.00 e. The van der Waals surface area contributed by atoms with E-state index < -0.39 is 5.09 Å². The number of hydrogen-bond acceptors (Lipinski definition) is 8. The number of rotatable bonds is 5. The summed E-state index contributed by atoms with van der Waals surface area (Å²) in [5.74, 6) is 0. The van der Waals surface area contributed by atoms with E-state index >= 15 is 0 Å². The average Bonchev–Trinajstić information content (AvgIpc) is 2.57. The van der Waals surface area contributed by atoms with Crippen molar-refractivity contribution >= 4 is 25.3 Å². The monoisotopic (exact) mass is 474 g/mol. The van der Waals surface area contributed by atoms with Crippen molar-refractivity contribution < 1.29 is 25.5 Å². The number of thiol groups is 1. The van der Waals surface area contributed by atoms with Gasteiger partial charge in [-0.05, 0) is 37.2 Å². The quantitative estimate of drug-likeness (QED) is 0.130. The fraction of sp³-hybridized carbons (Fsp3) is 0.333. The summed E-state index contributed by atoms with van der Waals surface area (Å²) in [5.41, 5.74) is 1.83. The molecule has 0 aliphatic rings. The average molecular weight is 475 g/mol. The van der Waals surface area contributed by atoms with Crippen molar-refractivity contribution in [3.8, 4) is 11.4 Å². The maximum absolute atomic E-state index is 8.25. The molecule has 0 fully saturated rings. The van der Waals surface area contributed by atoms with E-state index in [1.165, 1.54) is 12.8 Å². The molecule has 7 nitrogen and oxygen atoms in total. The minimum absolute atomic E-state index is 0. The van der Waals surface area contributed by atoms with Crippen LogP contribution in [0, 0.1) is 15.3 Å². The Morgan fingerprint density at radius 2 is 1.60 bits per heavy atom. The van der Waals surface area contributed by atoms with Gasteiger partial charge in [-0.1, -0.05) is 30.2 Å². The summed E-state index contributed by atoms with van der Waals surface area (Å²) >= 11 is 8.72. The molecule has 0 spiro atoms. The first-order chi connectivity index (χ1) is 11.5. The van der Waals surface area contributed by atoms with Crippen LogP contribution < -0.4 is 5.32 Å². The number of nitrogens with one attached hydrogen (secondary N) is 1. The summed E-state index contributed by atoms with van der Waals surface area (Å²) in [7, 11) is 0. The molecule has 0 bridgehead atoms. The third-order valence-electron chi connectivity index (χ3n) is 2.44. The standard InChI is InChI=1S/C10H8N2.C5H13NS2.NO3.Pd/c1-3-7-11-9(5-1)10-6-2-4-8-12-10;1-2-3-4-6-5(7)8;2-1(3)4;/h1-8H;5-8H,2-4H2,1H3;;/q;;-1;+2/p-1. The minimum Gasteiger partial charge on any atom is -0.764 e. The normalized spacial score (nSPS) is 10.0. The van der Waals surface area contributed by atoms with Crippen LogP contribution in [0.5, 0.6) is 0 Å². The van der Waals surface area contributed by atoms with Gasteiger partial charge >= 0.3 is 20.4 Å². The third-order valence-corrected chi connectivity index (χ3v) is 2.79. The van der Waals surface area contributed by atoms with Gasteiger partial charge in [0.15, 0.2) is 0 Å². The predicted octanol–water partition coefficient (Wildman–Crippen LogP) is 3.04. The zero-order valence-electron chi connectivity index (χ0n) is 13.6. The number of pyridine rings is 2. The Bertz CT molecular complexity index is 509. The van der Waals surface area contributed by atoms with Gasteiger partial charge in [-0.25, -0.2) is 0 Å². The van der Waals surface area contributed by atoms with Crippen molar-refractivity contribution in [2.24, 2.45) is 0 Å². The van der Waals surface area contributed by atoms with Crippen LogP contribution in [0.1, 0.15) is 19.8 Å². The van der Waals surface area contributed by atoms with E-state index in [0.29, 0.717) is 0 Å². The van der Waals surface area contributed by atoms with Gasteiger partial charge in [-0.3, -0.25) is 9.97 Å². The van der Waals surface area contributed by atoms with Gasteiger partial charge in [0.2, 0.25) is 0 Å². The van der Waals surface area contributed by atoms with Gasteiger partial charge in [0.1, 0.15) is 0 Å². The van der Waals surface area contributed by atoms with Crippen LogP contribution in [0.4, 0.5) is 0 Å². The molecule has 0 saturated carbocycles. The Morgan fingerprint density at radius 3 is 1.88 bits per heavy atom. The summed E-state index contributed by atoms with van der Waals surface area (Å²) in [6, 6.07) is 11.6. The summed E-state index contributed by atoms with van der Waals surface area (Å²) in [5, 5.41) is 17.8. The van der Waals surface area contributed by atoms with E-state index in [0.717, 1.165) is 17.9 Å². The molecule has 0 saturated heterocycles. The second-order valence-corrected chi connectivity index (χ2v) is 5.65. The first kappa shape index (κ1) is 26.1. The van der Waals surface area contributed by atoms with Gasteiger partial charge in [0, 0.05) is 12.4 Å². The molecular weight excluding hydrogens is 455 g/mol. The maximum Gasteiger partial charge on any atom is 2.00 e. The summed E-state index contributed by atoms with van der Waals surface area (Å²) in [4.78, 5) is 16.6. The second kappa shape index (κ2) is 17.6. The van der Waals surface area contributed by atoms with Crippen molar-refractivity contribution in [2.75, 3.05) is 6.54 Å². The molecule has 0 aliphatic heterocycles. The second-order valence-electron chi connectivity index (χ2n) is 4.31. The van der Waals surface area contributed by atoms with E-state index in [-0.39, 0.29) is 25.1 Å². The molecule has 2 aromatic heterocycles. The zero-order chi connectivity index (χ0) is 18.2. The van der Waals surface area contributed by atoms with Crippen molar-refractivity contribution in [1.82, 2.24) is 15.3 Å². The minimum atomic E-state index is -1.75. The molecule has 0 radical (unpaired) electrons. The van der Waals surface area contributed by atoms with E-state index in [4.69, 9.17) is 28.0 Å². The van der Waals surface area contributed by atoms with Crippen molar-refractivity contribution in [3.05, 3.63) is 64.1 Å². The molecule has 0 amide bonds. The SMILES string of the molecule is CCCCNC([S-])S.O=[N+]([O-])[O-].[Pd+2].c1ccc(-c2ccccn2)nc1. The summed E-state index contributed by atoms with van der Waals surface area (Å²) < 4.78 is -0.0680. The molecular formula is C15H20N4O3PdS2. The molecule has 2 aromatic rings. The number of hydrogen-bond donors (Lipinski definition) is 2. The smallest absolute Gasteiger partial charge is 0.764 e. The molecule has 1 atom stereocenters. The third kappa shape index (κ3) is 17.4. The molecule has 0 aliphatic carbocycles. The van der Waals surface area contributed by atoms with E-state index in [1.807, 2.05) is 36.4 Å². The molecule has 10 heteroatoms. The van der Waals surface area contributed by atoms with Crippen molar-refractivity contribution in [3.63, 3.8) is 0 Å². The van der Waals surface area contributed by atoms with Gasteiger partial charge in [0.25, 0.3) is 0 Å². The fourth-order valence-electron chi connectivity index (χ4n) is 1.43. The number of aromatic nitrogens is 2. The molecule has 0 aromatic carbocycles. The van der Waals surface area contributed by atoms with Gasteiger partial charge < -0.3 is 33.3 Å². The van der Waals surface area contributed by atoms with Crippen LogP contribution in [-0.2, 0) is 33.1 Å². The van der Waals surface area contributed by atoms with E-state index in [9.17, 15) is 0 Å². The molecule has 2 heterocycles. The Balaban J connectivity index is 0. The molecule has 2 rings (SSSR count). The fourth-order valence-corrected chi connectivity index (χ4v) is 1.68. The summed E-state index contributed by atoms with van der Waals surface area (Å²) in [6.07, 6.45) is 5.94. The van der Waals surface area contributed by atoms with Crippen LogP contribution in [-0.4, -0.2) is 26.3 Å². The van der Waals surface area contributed by atoms with Crippen LogP contribution in [0.3, 0.4) is 0 Å². The zero-order valence-corrected chi connectivity index (χ0v) is 16.8. The van der Waals surface area contributed by atoms with Crippen molar-refractivity contribution in [1.29, 1.82) is 0 Å². The van der Waals surface area contributed by atoms with Gasteiger partial charge in [-0.15, -0.1) is 0 Å². The maximum atomic E-state index is 8.25. The first-order valence-electron chi connectivity index (χ1n) is 7.18. The number of nitrogens with zero attached hydrogens (tertiary/aromatic N) is 3. The van der Waals surface area contributed by atoms with Crippen LogP contribution in [0.2, 0.25) is 0 Å². The molecule has 140 valence electrons. The first-order valence-corrected chi connectivity index (χ1v) is 8.17. The Morgan fingerprint density at radius 1 is 1.16 bits per heavy atom. The van der Waals surface area contributed by atoms with E-state index in [2.05, 4.69) is 34.8 Å². The topological polar surface area (TPSA) is 104 Å². The summed E-state index contributed by atoms with van der Waals surface area (Å²) in [6.45, 7) is 3.15. The van der Waals surface area contributed by atoms with Gasteiger partial charge in [0.05, 0.1) is 16.5 Å². The Hall–Kier alpha value is -1.18. The molecule has 1 N–H and O–H groups in total. The van der Waals surface area contributed by atoms with Gasteiger partial charge in [-0.2, -0.15) is 12.6 Å². The predicted molar refractivity (Wildman–Crippen MR) is 101 cm³/mol. The molecule has 25 heavy (non-hydrogen) atoms.